The Balaban J connectivity index is 3.80. The largest absolute Gasteiger partial charge is 0.252 e. The van der Waals surface area contributed by atoms with Crippen molar-refractivity contribution in [3.8, 4) is 0 Å². The second-order valence-corrected chi connectivity index (χ2v) is 7.15. The fourth-order valence-electron chi connectivity index (χ4n) is 1.62. The third-order valence-corrected chi connectivity index (χ3v) is 5.92. The Morgan fingerprint density at radius 3 is 1.67 bits per heavy atom. The number of rotatable bonds is 7. The standard InChI is InChI=1S/C10H24OP/c1-4-7-10-12(11,8-5-2)9-6-3/h11H,4-10H2,1-3H3/q+1. The lowest BCUT2D eigenvalue weighted by Crippen LogP contribution is -2.06. The van der Waals surface area contributed by atoms with E-state index in [0.717, 1.165) is 31.3 Å². The van der Waals surface area contributed by atoms with Crippen LogP contribution in [-0.2, 0) is 0 Å². The first kappa shape index (κ1) is 12.4. The predicted molar refractivity (Wildman–Crippen MR) is 59.2 cm³/mol. The molecule has 0 amide bonds. The highest BCUT2D eigenvalue weighted by molar-refractivity contribution is 7.70. The van der Waals surface area contributed by atoms with Gasteiger partial charge in [0.05, 0.1) is 18.5 Å². The maximum absolute atomic E-state index is 10.3. The minimum absolute atomic E-state index is 1.08. The smallest absolute Gasteiger partial charge is 0.142 e. The lowest BCUT2D eigenvalue weighted by atomic mass is 10.4. The fourth-order valence-corrected chi connectivity index (χ4v) is 4.86. The van der Waals surface area contributed by atoms with Crippen LogP contribution < -0.4 is 0 Å². The lowest BCUT2D eigenvalue weighted by Gasteiger charge is -2.18. The van der Waals surface area contributed by atoms with Crippen molar-refractivity contribution in [2.45, 2.75) is 46.5 Å². The molecule has 0 radical (unpaired) electrons. The Kier molecular flexibility index (Phi) is 7.08. The van der Waals surface area contributed by atoms with Crippen molar-refractivity contribution in [1.29, 1.82) is 0 Å². The van der Waals surface area contributed by atoms with Gasteiger partial charge in [0.15, 0.2) is 0 Å². The van der Waals surface area contributed by atoms with Crippen molar-refractivity contribution in [1.82, 2.24) is 0 Å². The molecule has 0 aromatic rings. The van der Waals surface area contributed by atoms with Gasteiger partial charge in [-0.3, -0.25) is 4.89 Å². The van der Waals surface area contributed by atoms with Gasteiger partial charge >= 0.3 is 0 Å². The van der Waals surface area contributed by atoms with Crippen LogP contribution in [0.4, 0.5) is 0 Å². The van der Waals surface area contributed by atoms with Crippen LogP contribution in [0.1, 0.15) is 46.5 Å². The van der Waals surface area contributed by atoms with Crippen LogP contribution in [0.2, 0.25) is 0 Å². The quantitative estimate of drug-likeness (QED) is 0.610. The lowest BCUT2D eigenvalue weighted by molar-refractivity contribution is 0.587. The SMILES string of the molecule is CCCC[P+](O)(CCC)CCC. The molecule has 0 atom stereocenters. The summed E-state index contributed by atoms with van der Waals surface area (Å²) in [5.74, 6) is 0. The van der Waals surface area contributed by atoms with Gasteiger partial charge in [-0.05, 0) is 19.3 Å². The molecule has 0 rings (SSSR count). The topological polar surface area (TPSA) is 20.2 Å². The average Bonchev–Trinajstić information content (AvgIpc) is 2.02. The molecule has 0 saturated carbocycles. The van der Waals surface area contributed by atoms with Crippen LogP contribution in [0, 0.1) is 0 Å². The Bertz CT molecular complexity index is 98.0. The molecule has 0 aliphatic heterocycles. The van der Waals surface area contributed by atoms with Crippen LogP contribution in [0.3, 0.4) is 0 Å². The zero-order valence-electron chi connectivity index (χ0n) is 8.84. The molecule has 0 aliphatic rings. The fraction of sp³-hybridized carbons (Fsp3) is 1.00. The highest BCUT2D eigenvalue weighted by atomic mass is 31.2. The van der Waals surface area contributed by atoms with Gasteiger partial charge in [-0.15, -0.1) is 0 Å². The van der Waals surface area contributed by atoms with E-state index in [9.17, 15) is 4.89 Å². The molecule has 0 bridgehead atoms. The van der Waals surface area contributed by atoms with Crippen LogP contribution >= 0.6 is 7.49 Å². The number of unbranched alkanes of at least 4 members (excludes halogenated alkanes) is 1. The Morgan fingerprint density at radius 2 is 1.33 bits per heavy atom. The van der Waals surface area contributed by atoms with Crippen LogP contribution in [0.5, 0.6) is 0 Å². The maximum Gasteiger partial charge on any atom is 0.142 e. The van der Waals surface area contributed by atoms with E-state index < -0.39 is 7.49 Å². The van der Waals surface area contributed by atoms with Gasteiger partial charge in [-0.2, -0.15) is 0 Å². The van der Waals surface area contributed by atoms with Gasteiger partial charge in [-0.1, -0.05) is 27.2 Å². The Morgan fingerprint density at radius 1 is 0.833 bits per heavy atom. The molecule has 0 spiro atoms. The van der Waals surface area contributed by atoms with Crippen LogP contribution in [-0.4, -0.2) is 23.4 Å². The van der Waals surface area contributed by atoms with Gasteiger partial charge in [-0.25, -0.2) is 0 Å². The minimum atomic E-state index is -1.49. The molecule has 0 heterocycles. The zero-order chi connectivity index (χ0) is 9.45. The van der Waals surface area contributed by atoms with E-state index in [1.54, 1.807) is 0 Å². The van der Waals surface area contributed by atoms with Crippen LogP contribution in [0.15, 0.2) is 0 Å². The zero-order valence-corrected chi connectivity index (χ0v) is 9.74. The van der Waals surface area contributed by atoms with Gasteiger partial charge < -0.3 is 0 Å². The highest BCUT2D eigenvalue weighted by Gasteiger charge is 2.31. The van der Waals surface area contributed by atoms with Crippen molar-refractivity contribution in [3.63, 3.8) is 0 Å². The summed E-state index contributed by atoms with van der Waals surface area (Å²) in [6.45, 7) is 6.54. The van der Waals surface area contributed by atoms with Crippen molar-refractivity contribution in [3.05, 3.63) is 0 Å². The van der Waals surface area contributed by atoms with Crippen molar-refractivity contribution in [2.24, 2.45) is 0 Å². The van der Waals surface area contributed by atoms with Crippen LogP contribution in [0.25, 0.3) is 0 Å². The first-order valence-electron chi connectivity index (χ1n) is 5.27. The Labute approximate surface area is 78.0 Å². The predicted octanol–water partition coefficient (Wildman–Crippen LogP) is 3.53. The normalized spacial score (nSPS) is 12.0. The third-order valence-electron chi connectivity index (χ3n) is 2.21. The molecule has 12 heavy (non-hydrogen) atoms. The first-order valence-corrected chi connectivity index (χ1v) is 7.57. The van der Waals surface area contributed by atoms with Gasteiger partial charge in [0.1, 0.15) is 7.49 Å². The second-order valence-electron chi connectivity index (χ2n) is 3.62. The molecule has 0 fully saturated rings. The number of hydrogen-bond donors (Lipinski definition) is 1. The highest BCUT2D eigenvalue weighted by Crippen LogP contribution is 2.55. The molecule has 74 valence electrons. The molecule has 0 saturated heterocycles. The van der Waals surface area contributed by atoms with Crippen molar-refractivity contribution in [2.75, 3.05) is 18.5 Å². The van der Waals surface area contributed by atoms with E-state index in [1.165, 1.54) is 12.8 Å². The molecule has 0 aromatic heterocycles. The summed E-state index contributed by atoms with van der Waals surface area (Å²) in [6.07, 6.45) is 7.99. The van der Waals surface area contributed by atoms with Crippen molar-refractivity contribution >= 4 is 7.49 Å². The molecule has 2 heteroatoms. The summed E-state index contributed by atoms with van der Waals surface area (Å²) in [7, 11) is -1.49. The van der Waals surface area contributed by atoms with E-state index in [2.05, 4.69) is 20.8 Å². The summed E-state index contributed by atoms with van der Waals surface area (Å²) in [5.41, 5.74) is 0. The number of hydrogen-bond acceptors (Lipinski definition) is 1. The van der Waals surface area contributed by atoms with Crippen molar-refractivity contribution < 1.29 is 4.89 Å². The molecule has 1 nitrogen and oxygen atoms in total. The van der Waals surface area contributed by atoms with Gasteiger partial charge in [0.25, 0.3) is 0 Å². The monoisotopic (exact) mass is 191 g/mol. The molecule has 0 unspecified atom stereocenters. The van der Waals surface area contributed by atoms with E-state index in [0.29, 0.717) is 0 Å². The van der Waals surface area contributed by atoms with E-state index >= 15 is 0 Å². The molecular weight excluding hydrogens is 167 g/mol. The van der Waals surface area contributed by atoms with Gasteiger partial charge in [0.2, 0.25) is 0 Å². The molecular formula is C10H24OP+. The van der Waals surface area contributed by atoms with E-state index in [4.69, 9.17) is 0 Å². The minimum Gasteiger partial charge on any atom is -0.252 e. The maximum atomic E-state index is 10.3. The summed E-state index contributed by atoms with van der Waals surface area (Å²) in [5, 5.41) is 0. The summed E-state index contributed by atoms with van der Waals surface area (Å²) < 4.78 is 0. The Hall–Kier alpha value is 0.390. The third kappa shape index (κ3) is 5.11. The second kappa shape index (κ2) is 6.86. The average molecular weight is 191 g/mol. The van der Waals surface area contributed by atoms with Gasteiger partial charge in [0, 0.05) is 0 Å². The van der Waals surface area contributed by atoms with E-state index in [1.807, 2.05) is 0 Å². The summed E-state index contributed by atoms with van der Waals surface area (Å²) in [6, 6.07) is 0. The molecule has 0 aliphatic carbocycles. The summed E-state index contributed by atoms with van der Waals surface area (Å²) >= 11 is 0. The molecule has 1 N–H and O–H groups in total. The summed E-state index contributed by atoms with van der Waals surface area (Å²) in [4.78, 5) is 10.3. The molecule has 0 aromatic carbocycles. The van der Waals surface area contributed by atoms with E-state index in [-0.39, 0.29) is 0 Å². The first-order chi connectivity index (χ1) is 5.68.